The third kappa shape index (κ3) is 2.98. The van der Waals surface area contributed by atoms with E-state index < -0.39 is 5.03 Å². The summed E-state index contributed by atoms with van der Waals surface area (Å²) in [6.07, 6.45) is 0. The molecule has 0 bridgehead atoms. The van der Waals surface area contributed by atoms with Crippen molar-refractivity contribution in [1.82, 2.24) is 0 Å². The summed E-state index contributed by atoms with van der Waals surface area (Å²) in [6, 6.07) is 0. The van der Waals surface area contributed by atoms with Gasteiger partial charge in [-0.25, -0.2) is 0 Å². The zero-order valence-corrected chi connectivity index (χ0v) is 6.32. The standard InChI is InChI=1S/C3H6O2Si2/c1-4-3(6,7)5-2/h1-2H3. The quantitative estimate of drug-likeness (QED) is 0.361. The Kier molecular flexibility index (Phi) is 2.74. The SMILES string of the molecule is COC([Si])([Si])OC. The van der Waals surface area contributed by atoms with E-state index in [2.05, 4.69) is 20.5 Å². The predicted molar refractivity (Wildman–Crippen MR) is 28.3 cm³/mol. The average molecular weight is 130 g/mol. The van der Waals surface area contributed by atoms with Crippen LogP contribution in [-0.4, -0.2) is 39.7 Å². The Morgan fingerprint density at radius 2 is 1.43 bits per heavy atom. The lowest BCUT2D eigenvalue weighted by Crippen LogP contribution is -2.34. The lowest BCUT2D eigenvalue weighted by atomic mass is 11.3. The first-order chi connectivity index (χ1) is 3.12. The third-order valence-corrected chi connectivity index (χ3v) is 1.39. The maximum absolute atomic E-state index is 4.69. The van der Waals surface area contributed by atoms with E-state index in [1.807, 2.05) is 0 Å². The first-order valence-electron chi connectivity index (χ1n) is 1.72. The van der Waals surface area contributed by atoms with E-state index in [9.17, 15) is 0 Å². The van der Waals surface area contributed by atoms with Gasteiger partial charge in [-0.15, -0.1) is 0 Å². The van der Waals surface area contributed by atoms with Crippen LogP contribution in [0.3, 0.4) is 0 Å². The molecule has 0 saturated carbocycles. The van der Waals surface area contributed by atoms with Gasteiger partial charge in [-0.2, -0.15) is 0 Å². The molecule has 0 spiro atoms. The normalized spacial score (nSPS) is 12.0. The van der Waals surface area contributed by atoms with Gasteiger partial charge in [0, 0.05) is 14.2 Å². The molecule has 0 aliphatic rings. The summed E-state index contributed by atoms with van der Waals surface area (Å²) in [5.74, 6) is 0. The van der Waals surface area contributed by atoms with Crippen molar-refractivity contribution in [2.45, 2.75) is 5.03 Å². The van der Waals surface area contributed by atoms with Crippen LogP contribution in [0.15, 0.2) is 0 Å². The number of hydrogen-bond acceptors (Lipinski definition) is 2. The fraction of sp³-hybridized carbons (Fsp3) is 1.00. The summed E-state index contributed by atoms with van der Waals surface area (Å²) < 4.78 is 9.38. The Bertz CT molecular complexity index is 48.9. The molecule has 0 aromatic heterocycles. The van der Waals surface area contributed by atoms with Crippen LogP contribution in [0.25, 0.3) is 0 Å². The minimum Gasteiger partial charge on any atom is -0.362 e. The molecular formula is C3H6O2Si2. The van der Waals surface area contributed by atoms with Gasteiger partial charge in [0.2, 0.25) is 0 Å². The highest BCUT2D eigenvalue weighted by atomic mass is 28.2. The largest absolute Gasteiger partial charge is 0.362 e. The van der Waals surface area contributed by atoms with Crippen molar-refractivity contribution in [2.24, 2.45) is 0 Å². The molecule has 4 heteroatoms. The molecule has 0 unspecified atom stereocenters. The molecule has 0 rings (SSSR count). The lowest BCUT2D eigenvalue weighted by molar-refractivity contribution is -0.0779. The lowest BCUT2D eigenvalue weighted by Gasteiger charge is -2.19. The Hall–Kier alpha value is 0.354. The van der Waals surface area contributed by atoms with Crippen LogP contribution < -0.4 is 0 Å². The number of methoxy groups -OCH3 is 2. The summed E-state index contributed by atoms with van der Waals surface area (Å²) in [5.41, 5.74) is 0. The van der Waals surface area contributed by atoms with Gasteiger partial charge < -0.3 is 9.47 Å². The summed E-state index contributed by atoms with van der Waals surface area (Å²) in [5, 5.41) is -0.806. The molecule has 0 aromatic carbocycles. The van der Waals surface area contributed by atoms with Gasteiger partial charge in [-0.05, 0) is 0 Å². The molecule has 0 aliphatic heterocycles. The van der Waals surface area contributed by atoms with E-state index in [1.165, 1.54) is 14.2 Å². The zero-order chi connectivity index (χ0) is 5.91. The highest BCUT2D eigenvalue weighted by Crippen LogP contribution is 1.95. The van der Waals surface area contributed by atoms with Gasteiger partial charge in [0.05, 0.1) is 0 Å². The van der Waals surface area contributed by atoms with Gasteiger partial charge in [-0.1, -0.05) is 0 Å². The van der Waals surface area contributed by atoms with E-state index in [1.54, 1.807) is 0 Å². The van der Waals surface area contributed by atoms with E-state index in [4.69, 9.17) is 9.47 Å². The van der Waals surface area contributed by atoms with Crippen LogP contribution >= 0.6 is 0 Å². The predicted octanol–water partition coefficient (Wildman–Crippen LogP) is -0.772. The second-order valence-electron chi connectivity index (χ2n) is 1.02. The second-order valence-corrected chi connectivity index (χ2v) is 2.84. The average Bonchev–Trinajstić information content (AvgIpc) is 1.68. The van der Waals surface area contributed by atoms with Crippen molar-refractivity contribution in [1.29, 1.82) is 0 Å². The molecule has 2 nitrogen and oxygen atoms in total. The monoisotopic (exact) mass is 130 g/mol. The van der Waals surface area contributed by atoms with Gasteiger partial charge in [0.25, 0.3) is 0 Å². The van der Waals surface area contributed by atoms with Crippen molar-refractivity contribution < 1.29 is 9.47 Å². The Morgan fingerprint density at radius 1 is 1.14 bits per heavy atom. The van der Waals surface area contributed by atoms with E-state index >= 15 is 0 Å². The molecule has 0 amide bonds. The maximum atomic E-state index is 4.69. The van der Waals surface area contributed by atoms with E-state index in [0.717, 1.165) is 0 Å². The summed E-state index contributed by atoms with van der Waals surface area (Å²) in [4.78, 5) is 0. The van der Waals surface area contributed by atoms with Crippen LogP contribution in [0, 0.1) is 0 Å². The summed E-state index contributed by atoms with van der Waals surface area (Å²) in [6.45, 7) is 0. The van der Waals surface area contributed by atoms with Crippen LogP contribution in [0.2, 0.25) is 0 Å². The highest BCUT2D eigenvalue weighted by molar-refractivity contribution is 6.37. The fourth-order valence-electron chi connectivity index (χ4n) is 0.0833. The molecule has 0 N–H and O–H groups in total. The van der Waals surface area contributed by atoms with Gasteiger partial charge in [0.1, 0.15) is 25.5 Å². The van der Waals surface area contributed by atoms with Gasteiger partial charge in [0.15, 0.2) is 0 Å². The minimum absolute atomic E-state index is 0.806. The first kappa shape index (κ1) is 7.35. The van der Waals surface area contributed by atoms with Crippen molar-refractivity contribution in [2.75, 3.05) is 14.2 Å². The molecule has 0 heterocycles. The number of rotatable bonds is 2. The maximum Gasteiger partial charge on any atom is 0.122 e. The van der Waals surface area contributed by atoms with Crippen molar-refractivity contribution in [3.8, 4) is 0 Å². The molecular weight excluding hydrogens is 124 g/mol. The number of hydrogen-bond donors (Lipinski definition) is 0. The Morgan fingerprint density at radius 3 is 1.43 bits per heavy atom. The Balaban J connectivity index is 3.36. The highest BCUT2D eigenvalue weighted by Gasteiger charge is 2.12. The van der Waals surface area contributed by atoms with Gasteiger partial charge in [-0.3, -0.25) is 0 Å². The van der Waals surface area contributed by atoms with Crippen molar-refractivity contribution in [3.05, 3.63) is 0 Å². The molecule has 38 valence electrons. The molecule has 7 heavy (non-hydrogen) atoms. The van der Waals surface area contributed by atoms with Gasteiger partial charge >= 0.3 is 0 Å². The first-order valence-corrected chi connectivity index (χ1v) is 2.72. The third-order valence-electron chi connectivity index (χ3n) is 0.575. The molecule has 0 atom stereocenters. The van der Waals surface area contributed by atoms with E-state index in [-0.39, 0.29) is 0 Å². The molecule has 0 saturated heterocycles. The van der Waals surface area contributed by atoms with Crippen LogP contribution in [0.1, 0.15) is 0 Å². The summed E-state index contributed by atoms with van der Waals surface area (Å²) >= 11 is 0. The number of ether oxygens (including phenoxy) is 2. The molecule has 6 radical (unpaired) electrons. The van der Waals surface area contributed by atoms with Crippen LogP contribution in [0.4, 0.5) is 0 Å². The zero-order valence-electron chi connectivity index (χ0n) is 4.32. The van der Waals surface area contributed by atoms with Crippen LogP contribution in [-0.2, 0) is 9.47 Å². The molecule has 0 aromatic rings. The Labute approximate surface area is 50.0 Å². The smallest absolute Gasteiger partial charge is 0.122 e. The molecule has 0 fully saturated rings. The second kappa shape index (κ2) is 2.61. The minimum atomic E-state index is -0.806. The topological polar surface area (TPSA) is 18.5 Å². The molecule has 0 aliphatic carbocycles. The summed E-state index contributed by atoms with van der Waals surface area (Å²) in [7, 11) is 9.23. The van der Waals surface area contributed by atoms with E-state index in [0.29, 0.717) is 0 Å². The van der Waals surface area contributed by atoms with Crippen LogP contribution in [0.5, 0.6) is 0 Å². The van der Waals surface area contributed by atoms with Crippen molar-refractivity contribution in [3.63, 3.8) is 0 Å². The van der Waals surface area contributed by atoms with Crippen molar-refractivity contribution >= 4 is 20.5 Å². The fourth-order valence-corrected chi connectivity index (χ4v) is 0.0833.